The van der Waals surface area contributed by atoms with Crippen molar-refractivity contribution in [3.8, 4) is 11.3 Å². The van der Waals surface area contributed by atoms with Crippen LogP contribution in [0.3, 0.4) is 0 Å². The van der Waals surface area contributed by atoms with Crippen LogP contribution in [0.15, 0.2) is 60.9 Å². The van der Waals surface area contributed by atoms with Crippen molar-refractivity contribution in [3.63, 3.8) is 0 Å². The maximum atomic E-state index is 13.0. The summed E-state index contributed by atoms with van der Waals surface area (Å²) in [7, 11) is 1.97. The fourth-order valence-electron chi connectivity index (χ4n) is 2.93. The average Bonchev–Trinajstić information content (AvgIpc) is 3.00. The van der Waals surface area contributed by atoms with Crippen molar-refractivity contribution >= 4 is 22.5 Å². The Morgan fingerprint density at radius 2 is 1.78 bits per heavy atom. The highest BCUT2D eigenvalue weighted by molar-refractivity contribution is 6.04. The SMILES string of the molecule is Cc1ncc(-c2ccc3cnc(NC(=O)c4ccc(F)cc4)cc3c2)n1C. The second-order valence-corrected chi connectivity index (χ2v) is 6.34. The van der Waals surface area contributed by atoms with Gasteiger partial charge in [0.05, 0.1) is 11.9 Å². The van der Waals surface area contributed by atoms with Gasteiger partial charge >= 0.3 is 0 Å². The molecule has 0 aliphatic rings. The van der Waals surface area contributed by atoms with Crippen LogP contribution in [0, 0.1) is 12.7 Å². The zero-order valence-corrected chi connectivity index (χ0v) is 14.9. The number of aromatic nitrogens is 3. The summed E-state index contributed by atoms with van der Waals surface area (Å²) in [6.45, 7) is 1.96. The van der Waals surface area contributed by atoms with Crippen LogP contribution in [0.2, 0.25) is 0 Å². The Morgan fingerprint density at radius 3 is 2.48 bits per heavy atom. The number of aryl methyl sites for hydroxylation is 1. The van der Waals surface area contributed by atoms with Gasteiger partial charge < -0.3 is 9.88 Å². The first-order valence-electron chi connectivity index (χ1n) is 8.47. The molecule has 5 nitrogen and oxygen atoms in total. The van der Waals surface area contributed by atoms with Gasteiger partial charge in [-0.2, -0.15) is 0 Å². The van der Waals surface area contributed by atoms with E-state index in [1.165, 1.54) is 24.3 Å². The number of amides is 1. The van der Waals surface area contributed by atoms with E-state index in [9.17, 15) is 9.18 Å². The number of nitrogens with zero attached hydrogens (tertiary/aromatic N) is 3. The van der Waals surface area contributed by atoms with Crippen molar-refractivity contribution in [1.29, 1.82) is 0 Å². The number of hydrogen-bond acceptors (Lipinski definition) is 3. The molecule has 2 heterocycles. The topological polar surface area (TPSA) is 59.8 Å². The molecule has 6 heteroatoms. The number of hydrogen-bond donors (Lipinski definition) is 1. The van der Waals surface area contributed by atoms with E-state index in [0.717, 1.165) is 27.9 Å². The van der Waals surface area contributed by atoms with Gasteiger partial charge in [-0.25, -0.2) is 14.4 Å². The van der Waals surface area contributed by atoms with Crippen molar-refractivity contribution in [2.24, 2.45) is 7.05 Å². The number of carbonyl (C=O) groups is 1. The third-order valence-corrected chi connectivity index (χ3v) is 4.59. The van der Waals surface area contributed by atoms with Gasteiger partial charge in [-0.3, -0.25) is 4.79 Å². The van der Waals surface area contributed by atoms with E-state index < -0.39 is 0 Å². The summed E-state index contributed by atoms with van der Waals surface area (Å²) in [5.74, 6) is 0.663. The van der Waals surface area contributed by atoms with Gasteiger partial charge in [0.25, 0.3) is 5.91 Å². The number of pyridine rings is 1. The molecule has 0 saturated heterocycles. The van der Waals surface area contributed by atoms with Crippen molar-refractivity contribution < 1.29 is 9.18 Å². The number of rotatable bonds is 3. The lowest BCUT2D eigenvalue weighted by Crippen LogP contribution is -2.12. The van der Waals surface area contributed by atoms with Crippen molar-refractivity contribution in [3.05, 3.63) is 78.1 Å². The molecule has 27 heavy (non-hydrogen) atoms. The summed E-state index contributed by atoms with van der Waals surface area (Å²) in [4.78, 5) is 20.9. The van der Waals surface area contributed by atoms with Crippen LogP contribution in [-0.4, -0.2) is 20.4 Å². The fraction of sp³-hybridized carbons (Fsp3) is 0.0952. The molecule has 2 aromatic heterocycles. The molecule has 4 rings (SSSR count). The number of anilines is 1. The highest BCUT2D eigenvalue weighted by Gasteiger charge is 2.09. The molecule has 0 fully saturated rings. The molecule has 0 aliphatic heterocycles. The third kappa shape index (κ3) is 3.29. The van der Waals surface area contributed by atoms with Crippen LogP contribution in [-0.2, 0) is 7.05 Å². The predicted octanol–water partition coefficient (Wildman–Crippen LogP) is 4.34. The maximum Gasteiger partial charge on any atom is 0.256 e. The minimum atomic E-state index is -0.381. The summed E-state index contributed by atoms with van der Waals surface area (Å²) >= 11 is 0. The summed E-state index contributed by atoms with van der Waals surface area (Å²) < 4.78 is 15.0. The van der Waals surface area contributed by atoms with Crippen LogP contribution in [0.25, 0.3) is 22.0 Å². The largest absolute Gasteiger partial charge is 0.331 e. The fourth-order valence-corrected chi connectivity index (χ4v) is 2.93. The molecule has 0 saturated carbocycles. The average molecular weight is 360 g/mol. The zero-order chi connectivity index (χ0) is 19.0. The quantitative estimate of drug-likeness (QED) is 0.591. The second kappa shape index (κ2) is 6.64. The van der Waals surface area contributed by atoms with E-state index in [-0.39, 0.29) is 11.7 Å². The van der Waals surface area contributed by atoms with Crippen molar-refractivity contribution in [1.82, 2.24) is 14.5 Å². The first-order valence-corrected chi connectivity index (χ1v) is 8.47. The number of nitrogens with one attached hydrogen (secondary N) is 1. The zero-order valence-electron chi connectivity index (χ0n) is 14.9. The Hall–Kier alpha value is -3.54. The lowest BCUT2D eigenvalue weighted by atomic mass is 10.1. The second-order valence-electron chi connectivity index (χ2n) is 6.34. The number of halogens is 1. The van der Waals surface area contributed by atoms with Gasteiger partial charge in [0, 0.05) is 29.8 Å². The third-order valence-electron chi connectivity index (χ3n) is 4.59. The van der Waals surface area contributed by atoms with Gasteiger partial charge in [-0.1, -0.05) is 12.1 Å². The predicted molar refractivity (Wildman–Crippen MR) is 103 cm³/mol. The lowest BCUT2D eigenvalue weighted by molar-refractivity contribution is 0.102. The smallest absolute Gasteiger partial charge is 0.256 e. The molecular weight excluding hydrogens is 343 g/mol. The summed E-state index contributed by atoms with van der Waals surface area (Å²) in [5, 5.41) is 4.68. The number of imidazole rings is 1. The van der Waals surface area contributed by atoms with Gasteiger partial charge in [0.2, 0.25) is 0 Å². The molecule has 1 amide bonds. The Bertz CT molecular complexity index is 1150. The van der Waals surface area contributed by atoms with E-state index in [2.05, 4.69) is 15.3 Å². The highest BCUT2D eigenvalue weighted by Crippen LogP contribution is 2.26. The van der Waals surface area contributed by atoms with Gasteiger partial charge in [-0.15, -0.1) is 0 Å². The molecule has 2 aromatic carbocycles. The van der Waals surface area contributed by atoms with Crippen LogP contribution < -0.4 is 5.32 Å². The van der Waals surface area contributed by atoms with Crippen LogP contribution in [0.1, 0.15) is 16.2 Å². The molecule has 0 spiro atoms. The van der Waals surface area contributed by atoms with Crippen LogP contribution in [0.4, 0.5) is 10.2 Å². The monoisotopic (exact) mass is 360 g/mol. The standard InChI is InChI=1S/C21H17FN4O/c1-13-23-12-19(26(13)2)15-3-4-16-11-24-20(10-17(16)9-15)25-21(27)14-5-7-18(22)8-6-14/h3-12H,1-2H3,(H,24,25,27). The van der Waals surface area contributed by atoms with Gasteiger partial charge in [0.1, 0.15) is 17.5 Å². The molecule has 134 valence electrons. The molecule has 0 aliphatic carbocycles. The molecule has 0 radical (unpaired) electrons. The first kappa shape index (κ1) is 16.9. The van der Waals surface area contributed by atoms with Crippen LogP contribution >= 0.6 is 0 Å². The highest BCUT2D eigenvalue weighted by atomic mass is 19.1. The Kier molecular flexibility index (Phi) is 4.16. The Morgan fingerprint density at radius 1 is 1.00 bits per heavy atom. The Balaban J connectivity index is 1.65. The summed E-state index contributed by atoms with van der Waals surface area (Å²) in [6, 6.07) is 13.3. The molecule has 0 bridgehead atoms. The molecule has 4 aromatic rings. The molecule has 0 atom stereocenters. The van der Waals surface area contributed by atoms with Gasteiger partial charge in [-0.05, 0) is 48.7 Å². The van der Waals surface area contributed by atoms with E-state index in [4.69, 9.17) is 0 Å². The number of carbonyl (C=O) groups excluding carboxylic acids is 1. The van der Waals surface area contributed by atoms with E-state index in [1.54, 1.807) is 6.20 Å². The van der Waals surface area contributed by atoms with Crippen LogP contribution in [0.5, 0.6) is 0 Å². The molecule has 0 unspecified atom stereocenters. The molecule has 1 N–H and O–H groups in total. The number of fused-ring (bicyclic) bond motifs is 1. The lowest BCUT2D eigenvalue weighted by Gasteiger charge is -2.08. The van der Waals surface area contributed by atoms with Gasteiger partial charge in [0.15, 0.2) is 0 Å². The number of benzene rings is 2. The van der Waals surface area contributed by atoms with E-state index in [1.807, 2.05) is 49.0 Å². The maximum absolute atomic E-state index is 13.0. The van der Waals surface area contributed by atoms with E-state index in [0.29, 0.717) is 11.4 Å². The minimum absolute atomic E-state index is 0.333. The summed E-state index contributed by atoms with van der Waals surface area (Å²) in [6.07, 6.45) is 3.56. The minimum Gasteiger partial charge on any atom is -0.331 e. The summed E-state index contributed by atoms with van der Waals surface area (Å²) in [5.41, 5.74) is 2.42. The van der Waals surface area contributed by atoms with Crippen molar-refractivity contribution in [2.75, 3.05) is 5.32 Å². The van der Waals surface area contributed by atoms with E-state index >= 15 is 0 Å². The normalized spacial score (nSPS) is 10.9. The van der Waals surface area contributed by atoms with Crippen molar-refractivity contribution in [2.45, 2.75) is 6.92 Å². The molecular formula is C21H17FN4O. The first-order chi connectivity index (χ1) is 13.0. The Labute approximate surface area is 155 Å².